The highest BCUT2D eigenvalue weighted by Gasteiger charge is 2.12. The Morgan fingerprint density at radius 3 is 2.70 bits per heavy atom. The maximum absolute atomic E-state index is 12.1. The van der Waals surface area contributed by atoms with Crippen LogP contribution in [0.15, 0.2) is 24.4 Å². The number of aromatic amines is 1. The molecule has 1 aromatic heterocycles. The van der Waals surface area contributed by atoms with Crippen LogP contribution < -0.4 is 0 Å². The molecule has 0 amide bonds. The summed E-state index contributed by atoms with van der Waals surface area (Å²) in [6.45, 7) is 0. The highest BCUT2D eigenvalue weighted by atomic mass is 16.4. The lowest BCUT2D eigenvalue weighted by atomic mass is 10.0. The minimum atomic E-state index is -0.844. The first-order valence-electron chi connectivity index (χ1n) is 6.38. The number of carbonyl (C=O) groups excluding carboxylic acids is 1. The van der Waals surface area contributed by atoms with E-state index in [-0.39, 0.29) is 12.2 Å². The fraction of sp³-hybridized carbons (Fsp3) is 0.267. The van der Waals surface area contributed by atoms with E-state index in [1.165, 1.54) is 0 Å². The summed E-state index contributed by atoms with van der Waals surface area (Å²) >= 11 is 0. The zero-order valence-electron chi connectivity index (χ0n) is 10.8. The first-order valence-corrected chi connectivity index (χ1v) is 6.38. The number of Topliss-reactive ketones (excluding diaryl/α,β-unsaturated/α-hetero) is 1. The fourth-order valence-electron chi connectivity index (χ4n) is 2.12. The molecule has 0 saturated heterocycles. The minimum Gasteiger partial charge on any atom is -0.481 e. The molecular formula is C15H14N2O3. The van der Waals surface area contributed by atoms with Gasteiger partial charge in [-0.2, -0.15) is 5.26 Å². The summed E-state index contributed by atoms with van der Waals surface area (Å²) in [4.78, 5) is 25.5. The van der Waals surface area contributed by atoms with Crippen molar-refractivity contribution in [1.29, 1.82) is 5.26 Å². The highest BCUT2D eigenvalue weighted by molar-refractivity contribution is 6.08. The number of unbranched alkanes of at least 4 members (excludes halogenated alkanes) is 1. The first kappa shape index (κ1) is 13.8. The topological polar surface area (TPSA) is 94.0 Å². The number of carboxylic acid groups (broad SMARTS) is 1. The largest absolute Gasteiger partial charge is 0.481 e. The average Bonchev–Trinajstić information content (AvgIpc) is 2.86. The molecule has 0 bridgehead atoms. The van der Waals surface area contributed by atoms with Gasteiger partial charge in [-0.3, -0.25) is 9.59 Å². The van der Waals surface area contributed by atoms with E-state index in [2.05, 4.69) is 4.98 Å². The van der Waals surface area contributed by atoms with Crippen LogP contribution >= 0.6 is 0 Å². The van der Waals surface area contributed by atoms with Crippen molar-refractivity contribution in [2.45, 2.75) is 25.7 Å². The molecule has 5 heteroatoms. The van der Waals surface area contributed by atoms with E-state index < -0.39 is 5.97 Å². The Morgan fingerprint density at radius 2 is 2.00 bits per heavy atom. The van der Waals surface area contributed by atoms with Crippen LogP contribution in [0.3, 0.4) is 0 Å². The number of aliphatic carboxylic acids is 1. The van der Waals surface area contributed by atoms with Crippen molar-refractivity contribution in [1.82, 2.24) is 4.98 Å². The minimum absolute atomic E-state index is 0.0308. The van der Waals surface area contributed by atoms with Gasteiger partial charge in [-0.05, 0) is 31.0 Å². The van der Waals surface area contributed by atoms with Crippen molar-refractivity contribution in [3.8, 4) is 6.07 Å². The molecule has 0 fully saturated rings. The number of fused-ring (bicyclic) bond motifs is 1. The molecule has 2 rings (SSSR count). The molecule has 0 saturated carbocycles. The number of nitrogens with zero attached hydrogens (tertiary/aromatic N) is 1. The number of benzene rings is 1. The van der Waals surface area contributed by atoms with Crippen molar-refractivity contribution >= 4 is 22.7 Å². The van der Waals surface area contributed by atoms with Gasteiger partial charge in [0.2, 0.25) is 0 Å². The van der Waals surface area contributed by atoms with Crippen LogP contribution in [-0.4, -0.2) is 21.8 Å². The van der Waals surface area contributed by atoms with Gasteiger partial charge in [0.05, 0.1) is 11.6 Å². The van der Waals surface area contributed by atoms with Crippen molar-refractivity contribution in [2.24, 2.45) is 0 Å². The lowest BCUT2D eigenvalue weighted by Gasteiger charge is -1.99. The Kier molecular flexibility index (Phi) is 4.16. The van der Waals surface area contributed by atoms with Gasteiger partial charge < -0.3 is 10.1 Å². The molecule has 1 aromatic carbocycles. The number of hydrogen-bond acceptors (Lipinski definition) is 3. The molecule has 102 valence electrons. The summed E-state index contributed by atoms with van der Waals surface area (Å²) in [5, 5.41) is 18.2. The number of carboxylic acids is 1. The zero-order chi connectivity index (χ0) is 14.5. The number of rotatable bonds is 6. The van der Waals surface area contributed by atoms with Gasteiger partial charge in [-0.15, -0.1) is 0 Å². The van der Waals surface area contributed by atoms with E-state index in [4.69, 9.17) is 10.4 Å². The SMILES string of the molecule is N#Cc1ccc2[nH]cc(C(=O)CCCCC(=O)O)c2c1. The lowest BCUT2D eigenvalue weighted by molar-refractivity contribution is -0.137. The summed E-state index contributed by atoms with van der Waals surface area (Å²) < 4.78 is 0. The Balaban J connectivity index is 2.10. The molecule has 0 spiro atoms. The third-order valence-electron chi connectivity index (χ3n) is 3.16. The Labute approximate surface area is 115 Å². The van der Waals surface area contributed by atoms with Crippen LogP contribution in [-0.2, 0) is 4.79 Å². The Bertz CT molecular complexity index is 695. The van der Waals surface area contributed by atoms with Crippen molar-refractivity contribution < 1.29 is 14.7 Å². The number of hydrogen-bond donors (Lipinski definition) is 2. The fourth-order valence-corrected chi connectivity index (χ4v) is 2.12. The predicted octanol–water partition coefficient (Wildman–Crippen LogP) is 2.87. The van der Waals surface area contributed by atoms with Crippen LogP contribution in [0, 0.1) is 11.3 Å². The van der Waals surface area contributed by atoms with Gasteiger partial charge in [0, 0.05) is 35.5 Å². The van der Waals surface area contributed by atoms with Gasteiger partial charge in [-0.1, -0.05) is 0 Å². The molecule has 0 atom stereocenters. The maximum Gasteiger partial charge on any atom is 0.303 e. The molecule has 1 heterocycles. The van der Waals surface area contributed by atoms with Gasteiger partial charge in [0.15, 0.2) is 5.78 Å². The number of carbonyl (C=O) groups is 2. The maximum atomic E-state index is 12.1. The number of nitriles is 1. The molecule has 2 N–H and O–H groups in total. The molecule has 0 radical (unpaired) electrons. The quantitative estimate of drug-likeness (QED) is 0.623. The normalized spacial score (nSPS) is 10.3. The predicted molar refractivity (Wildman–Crippen MR) is 73.4 cm³/mol. The van der Waals surface area contributed by atoms with Gasteiger partial charge in [0.1, 0.15) is 0 Å². The molecule has 0 aliphatic rings. The van der Waals surface area contributed by atoms with E-state index in [0.717, 1.165) is 10.9 Å². The van der Waals surface area contributed by atoms with E-state index in [9.17, 15) is 9.59 Å². The summed E-state index contributed by atoms with van der Waals surface area (Å²) in [5.41, 5.74) is 1.89. The summed E-state index contributed by atoms with van der Waals surface area (Å²) in [7, 11) is 0. The molecule has 5 nitrogen and oxygen atoms in total. The summed E-state index contributed by atoms with van der Waals surface area (Å²) in [6, 6.07) is 7.21. The smallest absolute Gasteiger partial charge is 0.303 e. The number of nitrogens with one attached hydrogen (secondary N) is 1. The van der Waals surface area contributed by atoms with Crippen LogP contribution in [0.1, 0.15) is 41.6 Å². The Morgan fingerprint density at radius 1 is 1.25 bits per heavy atom. The van der Waals surface area contributed by atoms with Crippen molar-refractivity contribution in [2.75, 3.05) is 0 Å². The molecule has 0 unspecified atom stereocenters. The molecule has 0 aliphatic carbocycles. The number of ketones is 1. The van der Waals surface area contributed by atoms with Gasteiger partial charge >= 0.3 is 5.97 Å². The number of aromatic nitrogens is 1. The third-order valence-corrected chi connectivity index (χ3v) is 3.16. The van der Waals surface area contributed by atoms with Crippen LogP contribution in [0.4, 0.5) is 0 Å². The third kappa shape index (κ3) is 3.04. The molecule has 20 heavy (non-hydrogen) atoms. The molecule has 2 aromatic rings. The summed E-state index contributed by atoms with van der Waals surface area (Å²) in [5.74, 6) is -0.875. The van der Waals surface area contributed by atoms with Crippen LogP contribution in [0.2, 0.25) is 0 Å². The second kappa shape index (κ2) is 6.02. The van der Waals surface area contributed by atoms with E-state index >= 15 is 0 Å². The Hall–Kier alpha value is -2.61. The second-order valence-electron chi connectivity index (χ2n) is 4.60. The van der Waals surface area contributed by atoms with Crippen LogP contribution in [0.5, 0.6) is 0 Å². The van der Waals surface area contributed by atoms with Crippen molar-refractivity contribution in [3.63, 3.8) is 0 Å². The van der Waals surface area contributed by atoms with E-state index in [0.29, 0.717) is 30.4 Å². The van der Waals surface area contributed by atoms with Crippen LogP contribution in [0.25, 0.3) is 10.9 Å². The summed E-state index contributed by atoms with van der Waals surface area (Å²) in [6.07, 6.45) is 3.09. The standard InChI is InChI=1S/C15H14N2O3/c16-8-10-5-6-13-11(7-10)12(9-17-13)14(18)3-1-2-4-15(19)20/h5-7,9,17H,1-4H2,(H,19,20). The molecule has 0 aliphatic heterocycles. The first-order chi connectivity index (χ1) is 9.61. The average molecular weight is 270 g/mol. The van der Waals surface area contributed by atoms with Crippen molar-refractivity contribution in [3.05, 3.63) is 35.5 Å². The highest BCUT2D eigenvalue weighted by Crippen LogP contribution is 2.21. The van der Waals surface area contributed by atoms with Gasteiger partial charge in [-0.25, -0.2) is 0 Å². The van der Waals surface area contributed by atoms with Gasteiger partial charge in [0.25, 0.3) is 0 Å². The van der Waals surface area contributed by atoms with E-state index in [1.807, 2.05) is 6.07 Å². The molecular weight excluding hydrogens is 256 g/mol. The zero-order valence-corrected chi connectivity index (χ0v) is 10.8. The second-order valence-corrected chi connectivity index (χ2v) is 4.60. The lowest BCUT2D eigenvalue weighted by Crippen LogP contribution is -2.00. The monoisotopic (exact) mass is 270 g/mol. The number of H-pyrrole nitrogens is 1. The van der Waals surface area contributed by atoms with E-state index in [1.54, 1.807) is 24.4 Å².